The third-order valence-electron chi connectivity index (χ3n) is 1.06. The molecule has 66 valence electrons. The maximum absolute atomic E-state index is 10.8. The average Bonchev–Trinajstić information content (AvgIpc) is 2.11. The van der Waals surface area contributed by atoms with Gasteiger partial charge in [-0.1, -0.05) is 0 Å². The summed E-state index contributed by atoms with van der Waals surface area (Å²) in [5.41, 5.74) is 3.93. The van der Waals surface area contributed by atoms with Gasteiger partial charge in [0.2, 0.25) is 0 Å². The van der Waals surface area contributed by atoms with Crippen LogP contribution in [0, 0.1) is 17.2 Å². The van der Waals surface area contributed by atoms with E-state index in [0.29, 0.717) is 0 Å². The number of ether oxygens (including phenoxy) is 1. The van der Waals surface area contributed by atoms with E-state index < -0.39 is 17.9 Å². The van der Waals surface area contributed by atoms with Crippen LogP contribution in [0.25, 0.3) is 0 Å². The lowest BCUT2D eigenvalue weighted by molar-refractivity contribution is -0.123. The number of hydrogen-bond acceptors (Lipinski definition) is 4. The molecule has 6 heteroatoms. The molecule has 0 fully saturated rings. The summed E-state index contributed by atoms with van der Waals surface area (Å²) in [6.07, 6.45) is -0.784. The molecule has 0 bridgehead atoms. The zero-order chi connectivity index (χ0) is 9.56. The third-order valence-corrected chi connectivity index (χ3v) is 1.06. The fraction of sp³-hybridized carbons (Fsp3) is 0.500. The van der Waals surface area contributed by atoms with Gasteiger partial charge in [0.15, 0.2) is 0 Å². The summed E-state index contributed by atoms with van der Waals surface area (Å²) in [4.78, 5) is 21.2. The van der Waals surface area contributed by atoms with Crippen LogP contribution in [-0.2, 0) is 9.53 Å². The van der Waals surface area contributed by atoms with Gasteiger partial charge in [-0.2, -0.15) is 5.26 Å². The minimum absolute atomic E-state index is 0.581. The largest absolute Gasteiger partial charge is 0.452 e. The molecule has 6 nitrogen and oxygen atoms in total. The van der Waals surface area contributed by atoms with Gasteiger partial charge in [-0.25, -0.2) is 10.2 Å². The Labute approximate surface area is 69.5 Å². The van der Waals surface area contributed by atoms with Crippen molar-refractivity contribution in [3.8, 4) is 6.07 Å². The van der Waals surface area contributed by atoms with E-state index in [4.69, 9.17) is 5.26 Å². The zero-order valence-corrected chi connectivity index (χ0v) is 6.75. The molecular formula is C6H9N3O3. The summed E-state index contributed by atoms with van der Waals surface area (Å²) >= 11 is 0. The van der Waals surface area contributed by atoms with E-state index in [1.54, 1.807) is 6.07 Å². The molecule has 0 spiro atoms. The molecule has 0 saturated carbocycles. The number of nitrogens with zero attached hydrogens (tertiary/aromatic N) is 1. The summed E-state index contributed by atoms with van der Waals surface area (Å²) < 4.78 is 4.17. The first kappa shape index (κ1) is 10.2. The lowest BCUT2D eigenvalue weighted by Gasteiger charge is -2.05. The monoisotopic (exact) mass is 171 g/mol. The second-order valence-corrected chi connectivity index (χ2v) is 1.96. The van der Waals surface area contributed by atoms with E-state index in [9.17, 15) is 9.59 Å². The Morgan fingerprint density at radius 1 is 1.50 bits per heavy atom. The van der Waals surface area contributed by atoms with Gasteiger partial charge in [0.25, 0.3) is 5.91 Å². The quantitative estimate of drug-likeness (QED) is 0.522. The fourth-order valence-electron chi connectivity index (χ4n) is 0.331. The molecule has 1 unspecified atom stereocenters. The van der Waals surface area contributed by atoms with Crippen molar-refractivity contribution in [1.29, 1.82) is 5.26 Å². The van der Waals surface area contributed by atoms with Crippen LogP contribution in [0.3, 0.4) is 0 Å². The fourth-order valence-corrected chi connectivity index (χ4v) is 0.331. The van der Waals surface area contributed by atoms with Gasteiger partial charge in [-0.05, 0) is 6.92 Å². The normalized spacial score (nSPS) is 10.8. The molecule has 12 heavy (non-hydrogen) atoms. The molecular weight excluding hydrogens is 162 g/mol. The summed E-state index contributed by atoms with van der Waals surface area (Å²) in [6.45, 7) is 1.41. The summed E-state index contributed by atoms with van der Waals surface area (Å²) in [6, 6.07) is 1.70. The Hall–Kier alpha value is -1.77. The molecule has 0 rings (SSSR count). The first-order valence-electron chi connectivity index (χ1n) is 3.15. The molecule has 0 aromatic carbocycles. The topological polar surface area (TPSA) is 91.2 Å². The van der Waals surface area contributed by atoms with Crippen molar-refractivity contribution >= 4 is 12.0 Å². The van der Waals surface area contributed by atoms with Gasteiger partial charge in [0, 0.05) is 0 Å². The van der Waals surface area contributed by atoms with Crippen LogP contribution in [0.5, 0.6) is 0 Å². The minimum atomic E-state index is -0.804. The molecule has 0 aliphatic carbocycles. The molecule has 0 radical (unpaired) electrons. The van der Waals surface area contributed by atoms with Gasteiger partial charge in [-0.15, -0.1) is 0 Å². The summed E-state index contributed by atoms with van der Waals surface area (Å²) in [5.74, 6) is -1.38. The Kier molecular flexibility index (Phi) is 4.23. The highest BCUT2D eigenvalue weighted by Crippen LogP contribution is 1.88. The summed E-state index contributed by atoms with van der Waals surface area (Å²) in [5, 5.41) is 8.27. The van der Waals surface area contributed by atoms with E-state index in [1.807, 2.05) is 10.9 Å². The molecule has 0 aliphatic rings. The lowest BCUT2D eigenvalue weighted by Crippen LogP contribution is -2.43. The molecule has 0 aliphatic heterocycles. The van der Waals surface area contributed by atoms with Crippen molar-refractivity contribution in [2.24, 2.45) is 5.92 Å². The molecule has 0 heterocycles. The Morgan fingerprint density at radius 3 is 2.50 bits per heavy atom. The first-order valence-corrected chi connectivity index (χ1v) is 3.15. The van der Waals surface area contributed by atoms with Crippen molar-refractivity contribution in [3.05, 3.63) is 0 Å². The number of hydrogen-bond donors (Lipinski definition) is 2. The highest BCUT2D eigenvalue weighted by Gasteiger charge is 2.11. The van der Waals surface area contributed by atoms with Crippen LogP contribution in [0.2, 0.25) is 0 Å². The smallest absolute Gasteiger partial charge is 0.425 e. The van der Waals surface area contributed by atoms with Gasteiger partial charge in [-0.3, -0.25) is 10.2 Å². The number of nitrogens with one attached hydrogen (secondary N) is 2. The number of carbonyl (C=O) groups is 2. The van der Waals surface area contributed by atoms with E-state index in [1.165, 1.54) is 6.92 Å². The van der Waals surface area contributed by atoms with E-state index in [2.05, 4.69) is 4.74 Å². The molecule has 2 amide bonds. The third kappa shape index (κ3) is 3.41. The number of amides is 2. The zero-order valence-electron chi connectivity index (χ0n) is 6.75. The van der Waals surface area contributed by atoms with Crippen LogP contribution < -0.4 is 10.9 Å². The Balaban J connectivity index is 3.73. The van der Waals surface area contributed by atoms with Crippen LogP contribution in [0.15, 0.2) is 0 Å². The number of rotatable bonds is 1. The molecule has 2 N–H and O–H groups in total. The van der Waals surface area contributed by atoms with Crippen LogP contribution in [-0.4, -0.2) is 19.1 Å². The van der Waals surface area contributed by atoms with Gasteiger partial charge < -0.3 is 4.74 Å². The van der Waals surface area contributed by atoms with Crippen LogP contribution >= 0.6 is 0 Å². The van der Waals surface area contributed by atoms with E-state index in [-0.39, 0.29) is 0 Å². The predicted molar refractivity (Wildman–Crippen MR) is 38.5 cm³/mol. The summed E-state index contributed by atoms with van der Waals surface area (Å²) in [7, 11) is 1.16. The SMILES string of the molecule is COC(=O)NNC(=O)C(C)C#N. The molecule has 0 aromatic rings. The van der Waals surface area contributed by atoms with Crippen molar-refractivity contribution in [3.63, 3.8) is 0 Å². The minimum Gasteiger partial charge on any atom is -0.452 e. The predicted octanol–water partition coefficient (Wildman–Crippen LogP) is -0.467. The number of carbonyl (C=O) groups excluding carboxylic acids is 2. The number of methoxy groups -OCH3 is 1. The van der Waals surface area contributed by atoms with Crippen LogP contribution in [0.1, 0.15) is 6.92 Å². The molecule has 0 aromatic heterocycles. The Bertz CT molecular complexity index is 221. The first-order chi connectivity index (χ1) is 5.61. The maximum atomic E-state index is 10.8. The second-order valence-electron chi connectivity index (χ2n) is 1.96. The Morgan fingerprint density at radius 2 is 2.08 bits per heavy atom. The molecule has 1 atom stereocenters. The highest BCUT2D eigenvalue weighted by molar-refractivity contribution is 5.82. The van der Waals surface area contributed by atoms with Crippen LogP contribution in [0.4, 0.5) is 4.79 Å². The second kappa shape index (κ2) is 4.96. The van der Waals surface area contributed by atoms with Crippen molar-refractivity contribution in [2.75, 3.05) is 7.11 Å². The van der Waals surface area contributed by atoms with Gasteiger partial charge in [0.1, 0.15) is 5.92 Å². The lowest BCUT2D eigenvalue weighted by atomic mass is 10.2. The van der Waals surface area contributed by atoms with Crippen molar-refractivity contribution in [1.82, 2.24) is 10.9 Å². The maximum Gasteiger partial charge on any atom is 0.425 e. The van der Waals surface area contributed by atoms with E-state index >= 15 is 0 Å². The van der Waals surface area contributed by atoms with E-state index in [0.717, 1.165) is 7.11 Å². The highest BCUT2D eigenvalue weighted by atomic mass is 16.5. The van der Waals surface area contributed by atoms with Gasteiger partial charge >= 0.3 is 6.09 Å². The van der Waals surface area contributed by atoms with Crippen molar-refractivity contribution in [2.45, 2.75) is 6.92 Å². The molecule has 0 saturated heterocycles. The average molecular weight is 171 g/mol. The standard InChI is InChI=1S/C6H9N3O3/c1-4(3-7)5(10)8-9-6(11)12-2/h4H,1-2H3,(H,8,10)(H,9,11). The van der Waals surface area contributed by atoms with Crippen molar-refractivity contribution < 1.29 is 14.3 Å². The van der Waals surface area contributed by atoms with Gasteiger partial charge in [0.05, 0.1) is 13.2 Å². The number of hydrazine groups is 1. The number of nitriles is 1.